The fourth-order valence-electron chi connectivity index (χ4n) is 4.03. The number of aromatic nitrogens is 5. The Bertz CT molecular complexity index is 1320. The van der Waals surface area contributed by atoms with Gasteiger partial charge in [-0.25, -0.2) is 4.98 Å². The maximum absolute atomic E-state index is 12.3. The van der Waals surface area contributed by atoms with Gasteiger partial charge in [-0.2, -0.15) is 4.52 Å². The van der Waals surface area contributed by atoms with E-state index in [0.29, 0.717) is 28.7 Å². The average Bonchev–Trinajstić information content (AvgIpc) is 3.31. The van der Waals surface area contributed by atoms with Gasteiger partial charge in [0.2, 0.25) is 5.91 Å². The third kappa shape index (κ3) is 5.27. The third-order valence-corrected chi connectivity index (χ3v) is 6.13. The number of pyridine rings is 1. The number of aryl methyl sites for hydroxylation is 1. The molecule has 180 valence electrons. The van der Waals surface area contributed by atoms with E-state index in [1.807, 2.05) is 24.3 Å². The minimum atomic E-state index is -0.165. The van der Waals surface area contributed by atoms with Gasteiger partial charge in [-0.3, -0.25) is 4.79 Å². The van der Waals surface area contributed by atoms with E-state index >= 15 is 0 Å². The van der Waals surface area contributed by atoms with E-state index in [2.05, 4.69) is 42.4 Å². The zero-order chi connectivity index (χ0) is 24.2. The number of halogens is 1. The van der Waals surface area contributed by atoms with Crippen LogP contribution in [0.4, 0.5) is 17.3 Å². The molecule has 10 nitrogen and oxygen atoms in total. The normalized spacial score (nSPS) is 13.8. The van der Waals surface area contributed by atoms with Crippen LogP contribution in [0.25, 0.3) is 5.65 Å². The Kier molecular flexibility index (Phi) is 6.62. The summed E-state index contributed by atoms with van der Waals surface area (Å²) in [4.78, 5) is 21.0. The molecule has 1 fully saturated rings. The summed E-state index contributed by atoms with van der Waals surface area (Å²) in [6.07, 6.45) is 2.13. The minimum absolute atomic E-state index is 0.165. The highest BCUT2D eigenvalue weighted by Crippen LogP contribution is 2.23. The SMILES string of the molecule is COc1cccc(N2CCN(c3ccc4nnc(CCC(=O)Nc5ccc(Cl)cn5)n4n3)CC2)c1. The first-order valence-corrected chi connectivity index (χ1v) is 11.7. The molecule has 1 N–H and O–H groups in total. The summed E-state index contributed by atoms with van der Waals surface area (Å²) in [5, 5.41) is 16.5. The number of nitrogens with one attached hydrogen (secondary N) is 1. The number of fused-ring (bicyclic) bond motifs is 1. The third-order valence-electron chi connectivity index (χ3n) is 5.91. The number of carbonyl (C=O) groups is 1. The van der Waals surface area contributed by atoms with Crippen LogP contribution in [0.1, 0.15) is 12.2 Å². The lowest BCUT2D eigenvalue weighted by Gasteiger charge is -2.36. The molecule has 1 aliphatic rings. The van der Waals surface area contributed by atoms with E-state index < -0.39 is 0 Å². The number of carbonyl (C=O) groups excluding carboxylic acids is 1. The van der Waals surface area contributed by atoms with Gasteiger partial charge in [-0.15, -0.1) is 15.3 Å². The summed E-state index contributed by atoms with van der Waals surface area (Å²) in [5.41, 5.74) is 1.80. The van der Waals surface area contributed by atoms with Crippen LogP contribution in [-0.4, -0.2) is 64.0 Å². The van der Waals surface area contributed by atoms with Crippen LogP contribution in [0, 0.1) is 0 Å². The van der Waals surface area contributed by atoms with E-state index in [-0.39, 0.29) is 12.3 Å². The van der Waals surface area contributed by atoms with Gasteiger partial charge in [-0.05, 0) is 36.4 Å². The van der Waals surface area contributed by atoms with Crippen molar-refractivity contribution in [2.75, 3.05) is 48.4 Å². The van der Waals surface area contributed by atoms with Crippen molar-refractivity contribution in [1.29, 1.82) is 0 Å². The predicted octanol–water partition coefficient (Wildman–Crippen LogP) is 3.08. The maximum atomic E-state index is 12.3. The molecule has 0 spiro atoms. The number of amides is 1. The second-order valence-electron chi connectivity index (χ2n) is 8.16. The highest BCUT2D eigenvalue weighted by atomic mass is 35.5. The monoisotopic (exact) mass is 492 g/mol. The van der Waals surface area contributed by atoms with Crippen molar-refractivity contribution in [3.63, 3.8) is 0 Å². The van der Waals surface area contributed by atoms with Crippen LogP contribution in [0.15, 0.2) is 54.7 Å². The van der Waals surface area contributed by atoms with Gasteiger partial charge in [0.05, 0.1) is 12.1 Å². The molecular formula is C24H25ClN8O2. The second kappa shape index (κ2) is 10.1. The summed E-state index contributed by atoms with van der Waals surface area (Å²) in [7, 11) is 1.68. The predicted molar refractivity (Wildman–Crippen MR) is 134 cm³/mol. The average molecular weight is 493 g/mol. The van der Waals surface area contributed by atoms with Crippen LogP contribution in [-0.2, 0) is 11.2 Å². The van der Waals surface area contributed by atoms with Gasteiger partial charge in [0.1, 0.15) is 17.4 Å². The van der Waals surface area contributed by atoms with Crippen LogP contribution in [0.2, 0.25) is 5.02 Å². The molecule has 1 saturated heterocycles. The van der Waals surface area contributed by atoms with Gasteiger partial charge in [0.15, 0.2) is 11.5 Å². The number of nitrogens with zero attached hydrogens (tertiary/aromatic N) is 7. The Balaban J connectivity index is 1.22. The minimum Gasteiger partial charge on any atom is -0.497 e. The van der Waals surface area contributed by atoms with Gasteiger partial charge in [0, 0.05) is 57.0 Å². The lowest BCUT2D eigenvalue weighted by atomic mass is 10.2. The molecule has 4 aromatic rings. The Hall–Kier alpha value is -3.92. The van der Waals surface area contributed by atoms with Crippen molar-refractivity contribution >= 4 is 40.5 Å². The number of piperazine rings is 1. The van der Waals surface area contributed by atoms with E-state index in [4.69, 9.17) is 21.4 Å². The maximum Gasteiger partial charge on any atom is 0.225 e. The van der Waals surface area contributed by atoms with Crippen molar-refractivity contribution in [1.82, 2.24) is 24.8 Å². The van der Waals surface area contributed by atoms with Crippen molar-refractivity contribution in [2.24, 2.45) is 0 Å². The number of anilines is 3. The molecule has 0 radical (unpaired) electrons. The summed E-state index contributed by atoms with van der Waals surface area (Å²) >= 11 is 5.84. The quantitative estimate of drug-likeness (QED) is 0.420. The molecule has 11 heteroatoms. The van der Waals surface area contributed by atoms with Gasteiger partial charge < -0.3 is 19.9 Å². The number of ether oxygens (including phenoxy) is 1. The van der Waals surface area contributed by atoms with Crippen molar-refractivity contribution in [3.05, 3.63) is 65.6 Å². The number of methoxy groups -OCH3 is 1. The highest BCUT2D eigenvalue weighted by Gasteiger charge is 2.20. The van der Waals surface area contributed by atoms with E-state index in [9.17, 15) is 4.79 Å². The zero-order valence-electron chi connectivity index (χ0n) is 19.3. The standard InChI is InChI=1S/C24H25ClN8O2/c1-35-19-4-2-3-18(15-19)31-11-13-32(14-12-31)23-8-7-21-28-29-22(33(21)30-23)9-10-24(34)27-20-6-5-17(25)16-26-20/h2-8,15-16H,9-14H2,1H3,(H,26,27,34). The lowest BCUT2D eigenvalue weighted by Crippen LogP contribution is -2.47. The summed E-state index contributed by atoms with van der Waals surface area (Å²) < 4.78 is 7.07. The molecule has 1 aliphatic heterocycles. The Morgan fingerprint density at radius 2 is 1.89 bits per heavy atom. The molecule has 3 aromatic heterocycles. The second-order valence-corrected chi connectivity index (χ2v) is 8.60. The van der Waals surface area contributed by atoms with Crippen LogP contribution in [0.5, 0.6) is 5.75 Å². The molecule has 5 rings (SSSR count). The topological polar surface area (TPSA) is 101 Å². The first-order valence-electron chi connectivity index (χ1n) is 11.4. The number of hydrogen-bond donors (Lipinski definition) is 1. The van der Waals surface area contributed by atoms with Crippen LogP contribution in [0.3, 0.4) is 0 Å². The summed E-state index contributed by atoms with van der Waals surface area (Å²) in [5.74, 6) is 2.64. The fourth-order valence-corrected chi connectivity index (χ4v) is 4.14. The number of rotatable bonds is 7. The van der Waals surface area contributed by atoms with E-state index in [1.165, 1.54) is 6.20 Å². The molecule has 0 aliphatic carbocycles. The first kappa shape index (κ1) is 22.9. The lowest BCUT2D eigenvalue weighted by molar-refractivity contribution is -0.116. The molecule has 0 atom stereocenters. The Morgan fingerprint density at radius 3 is 2.66 bits per heavy atom. The molecule has 0 saturated carbocycles. The van der Waals surface area contributed by atoms with Crippen molar-refractivity contribution in [2.45, 2.75) is 12.8 Å². The summed E-state index contributed by atoms with van der Waals surface area (Å²) in [6, 6.07) is 15.3. The van der Waals surface area contributed by atoms with Gasteiger partial charge >= 0.3 is 0 Å². The molecule has 35 heavy (non-hydrogen) atoms. The molecule has 1 aromatic carbocycles. The van der Waals surface area contributed by atoms with Gasteiger partial charge in [-0.1, -0.05) is 17.7 Å². The Morgan fingerprint density at radius 1 is 1.06 bits per heavy atom. The number of benzene rings is 1. The molecule has 4 heterocycles. The largest absolute Gasteiger partial charge is 0.497 e. The van der Waals surface area contributed by atoms with Crippen LogP contribution < -0.4 is 19.9 Å². The fraction of sp³-hybridized carbons (Fsp3) is 0.292. The number of hydrogen-bond acceptors (Lipinski definition) is 8. The zero-order valence-corrected chi connectivity index (χ0v) is 20.0. The Labute approximate surface area is 207 Å². The van der Waals surface area contributed by atoms with Crippen molar-refractivity contribution in [3.8, 4) is 5.75 Å². The van der Waals surface area contributed by atoms with Gasteiger partial charge in [0.25, 0.3) is 0 Å². The summed E-state index contributed by atoms with van der Waals surface area (Å²) in [6.45, 7) is 3.43. The molecular weight excluding hydrogens is 468 g/mol. The molecule has 1 amide bonds. The van der Waals surface area contributed by atoms with E-state index in [0.717, 1.165) is 43.4 Å². The highest BCUT2D eigenvalue weighted by molar-refractivity contribution is 6.30. The molecule has 0 bridgehead atoms. The van der Waals surface area contributed by atoms with Crippen molar-refractivity contribution < 1.29 is 9.53 Å². The smallest absolute Gasteiger partial charge is 0.225 e. The molecule has 0 unspecified atom stereocenters. The van der Waals surface area contributed by atoms with Crippen LogP contribution >= 0.6 is 11.6 Å². The van der Waals surface area contributed by atoms with E-state index in [1.54, 1.807) is 23.8 Å². The first-order chi connectivity index (χ1) is 17.1.